The van der Waals surface area contributed by atoms with E-state index in [0.717, 1.165) is 12.8 Å². The first kappa shape index (κ1) is 27.3. The molecule has 0 atom stereocenters. The number of hydrogen-bond acceptors (Lipinski definition) is 0. The summed E-state index contributed by atoms with van der Waals surface area (Å²) in [5, 5.41) is 0. The van der Waals surface area contributed by atoms with Gasteiger partial charge in [-0.3, -0.25) is 0 Å². The second-order valence-corrected chi connectivity index (χ2v) is 4.94. The van der Waals surface area contributed by atoms with Gasteiger partial charge in [0.25, 0.3) is 0 Å². The maximum atomic E-state index is 7.50. The fourth-order valence-electron chi connectivity index (χ4n) is 2.74. The third-order valence-corrected chi connectivity index (χ3v) is 3.62. The maximum Gasteiger partial charge on any atom is 0 e. The van der Waals surface area contributed by atoms with Crippen molar-refractivity contribution in [2.75, 3.05) is 0 Å². The van der Waals surface area contributed by atoms with Gasteiger partial charge in [-0.2, -0.15) is 0 Å². The average molecular weight is 362 g/mol. The molecule has 0 saturated carbocycles. The third-order valence-electron chi connectivity index (χ3n) is 3.62. The Labute approximate surface area is 156 Å². The molecule has 1 aliphatic rings. The smallest absolute Gasteiger partial charge is 0 e. The first-order chi connectivity index (χ1) is 11.3. The fraction of sp³-hybridized carbons (Fsp3) is 0.350. The summed E-state index contributed by atoms with van der Waals surface area (Å²) in [6.07, 6.45) is 10.5. The predicted octanol–water partition coefficient (Wildman–Crippen LogP) is 4.82. The molecular formula is C20H22CrO3. The van der Waals surface area contributed by atoms with E-state index in [1.165, 1.54) is 54.4 Å². The Bertz CT molecular complexity index is 527. The molecule has 0 aromatic heterocycles. The number of rotatable bonds is 4. The van der Waals surface area contributed by atoms with E-state index in [0.29, 0.717) is 0 Å². The topological polar surface area (TPSA) is 59.7 Å². The van der Waals surface area contributed by atoms with Gasteiger partial charge in [-0.05, 0) is 67.2 Å². The van der Waals surface area contributed by atoms with Crippen LogP contribution in [0.5, 0.6) is 0 Å². The van der Waals surface area contributed by atoms with E-state index in [1.807, 2.05) is 6.08 Å². The summed E-state index contributed by atoms with van der Waals surface area (Å²) < 4.78 is 22.5. The summed E-state index contributed by atoms with van der Waals surface area (Å²) in [7, 11) is 0. The summed E-state index contributed by atoms with van der Waals surface area (Å²) in [6, 6.07) is 6.77. The van der Waals surface area contributed by atoms with Crippen molar-refractivity contribution >= 4 is 5.57 Å². The Balaban J connectivity index is -0.000000569. The average Bonchev–Trinajstić information content (AvgIpc) is 2.83. The van der Waals surface area contributed by atoms with Crippen molar-refractivity contribution in [3.63, 3.8) is 0 Å². The van der Waals surface area contributed by atoms with E-state index in [-0.39, 0.29) is 17.4 Å². The molecule has 1 aromatic rings. The summed E-state index contributed by atoms with van der Waals surface area (Å²) >= 11 is 0. The molecule has 0 fully saturated rings. The largest absolute Gasteiger partial charge is 0 e. The zero-order chi connectivity index (χ0) is 18.1. The molecule has 0 radical (unpaired) electrons. The van der Waals surface area contributed by atoms with E-state index in [4.69, 9.17) is 14.0 Å². The zero-order valence-electron chi connectivity index (χ0n) is 13.8. The molecule has 3 nitrogen and oxygen atoms in total. The van der Waals surface area contributed by atoms with Crippen LogP contribution in [0.2, 0.25) is 0 Å². The fourth-order valence-corrected chi connectivity index (χ4v) is 2.74. The Morgan fingerprint density at radius 1 is 1.00 bits per heavy atom. The summed E-state index contributed by atoms with van der Waals surface area (Å²) in [4.78, 5) is 0. The van der Waals surface area contributed by atoms with Crippen LogP contribution in [0.15, 0.2) is 37.4 Å². The summed E-state index contributed by atoms with van der Waals surface area (Å²) in [6.45, 7) is 21.6. The van der Waals surface area contributed by atoms with E-state index in [1.54, 1.807) is 0 Å². The Morgan fingerprint density at radius 2 is 1.58 bits per heavy atom. The second-order valence-electron chi connectivity index (χ2n) is 4.94. The van der Waals surface area contributed by atoms with E-state index < -0.39 is 0 Å². The molecule has 1 aromatic carbocycles. The molecule has 24 heavy (non-hydrogen) atoms. The van der Waals surface area contributed by atoms with E-state index in [9.17, 15) is 0 Å². The van der Waals surface area contributed by atoms with Crippen LogP contribution in [0.1, 0.15) is 48.8 Å². The number of benzene rings is 1. The van der Waals surface area contributed by atoms with Gasteiger partial charge in [0.2, 0.25) is 0 Å². The number of allylic oxidation sites excluding steroid dienone is 2. The van der Waals surface area contributed by atoms with E-state index >= 15 is 0 Å². The number of fused-ring (bicyclic) bond motifs is 1. The Morgan fingerprint density at radius 3 is 2.17 bits per heavy atom. The molecule has 0 spiro atoms. The summed E-state index contributed by atoms with van der Waals surface area (Å²) in [5.74, 6) is 0. The van der Waals surface area contributed by atoms with Crippen molar-refractivity contribution in [1.29, 1.82) is 0 Å². The van der Waals surface area contributed by atoms with Crippen molar-refractivity contribution in [3.05, 3.63) is 74.1 Å². The van der Waals surface area contributed by atoms with Crippen molar-refractivity contribution in [1.82, 2.24) is 0 Å². The molecule has 0 saturated heterocycles. The molecule has 0 amide bonds. The van der Waals surface area contributed by atoms with Crippen molar-refractivity contribution < 1.29 is 31.3 Å². The van der Waals surface area contributed by atoms with Gasteiger partial charge in [0.15, 0.2) is 0 Å². The van der Waals surface area contributed by atoms with Gasteiger partial charge in [-0.15, -0.1) is 6.58 Å². The molecule has 0 unspecified atom stereocenters. The zero-order valence-corrected chi connectivity index (χ0v) is 15.1. The molecule has 1 aliphatic carbocycles. The quantitative estimate of drug-likeness (QED) is 0.242. The molecule has 0 N–H and O–H groups in total. The molecule has 0 aliphatic heterocycles. The normalized spacial score (nSPS) is 11.0. The first-order valence-corrected chi connectivity index (χ1v) is 7.34. The molecule has 4 heteroatoms. The van der Waals surface area contributed by atoms with Crippen LogP contribution in [0.3, 0.4) is 0 Å². The SMILES string of the molecule is C=CCCCc1cccc2c1C(=C)CCCC2.[C-]#[O+].[C-]#[O+].[C-]#[O+].[Cr]. The van der Waals surface area contributed by atoms with Crippen LogP contribution in [-0.4, -0.2) is 0 Å². The van der Waals surface area contributed by atoms with Gasteiger partial charge in [0, 0.05) is 17.4 Å². The first-order valence-electron chi connectivity index (χ1n) is 7.34. The molecule has 0 heterocycles. The van der Waals surface area contributed by atoms with Gasteiger partial charge in [0.05, 0.1) is 0 Å². The number of unbranched alkanes of at least 4 members (excludes halogenated alkanes) is 1. The predicted molar refractivity (Wildman–Crippen MR) is 88.0 cm³/mol. The van der Waals surface area contributed by atoms with Gasteiger partial charge in [-0.25, -0.2) is 0 Å². The van der Waals surface area contributed by atoms with Crippen LogP contribution >= 0.6 is 0 Å². The van der Waals surface area contributed by atoms with Gasteiger partial charge >= 0.3 is 33.9 Å². The van der Waals surface area contributed by atoms with Gasteiger partial charge < -0.3 is 0 Å². The van der Waals surface area contributed by atoms with Crippen LogP contribution < -0.4 is 0 Å². The monoisotopic (exact) mass is 362 g/mol. The Kier molecular flexibility index (Phi) is 22.2. The minimum atomic E-state index is 0. The molecular weight excluding hydrogens is 340 g/mol. The van der Waals surface area contributed by atoms with Crippen LogP contribution in [-0.2, 0) is 44.2 Å². The van der Waals surface area contributed by atoms with Crippen LogP contribution in [0.4, 0.5) is 0 Å². The molecule has 0 bridgehead atoms. The van der Waals surface area contributed by atoms with Gasteiger partial charge in [-0.1, -0.05) is 30.9 Å². The number of aryl methyl sites for hydroxylation is 2. The summed E-state index contributed by atoms with van der Waals surface area (Å²) in [5.41, 5.74) is 5.85. The van der Waals surface area contributed by atoms with Crippen molar-refractivity contribution in [2.24, 2.45) is 0 Å². The van der Waals surface area contributed by atoms with Crippen molar-refractivity contribution in [3.8, 4) is 0 Å². The molecule has 126 valence electrons. The number of hydrogen-bond donors (Lipinski definition) is 0. The van der Waals surface area contributed by atoms with Crippen LogP contribution in [0.25, 0.3) is 5.57 Å². The maximum absolute atomic E-state index is 7.50. The van der Waals surface area contributed by atoms with Crippen LogP contribution in [0, 0.1) is 20.0 Å². The second kappa shape index (κ2) is 19.5. The third kappa shape index (κ3) is 9.56. The molecule has 2 rings (SSSR count). The Hall–Kier alpha value is -1.55. The minimum absolute atomic E-state index is 0. The standard InChI is InChI=1S/C17H22.3CO.Cr/c1-3-4-5-10-15-12-8-13-16-11-7-6-9-14(2)17(15)16;3*1-2;/h3,8,12-13H,1-2,4-7,9-11H2;;;;. The minimum Gasteiger partial charge on any atom is 0 e. The van der Waals surface area contributed by atoms with Crippen molar-refractivity contribution in [2.45, 2.75) is 44.9 Å². The van der Waals surface area contributed by atoms with Gasteiger partial charge in [0.1, 0.15) is 0 Å². The van der Waals surface area contributed by atoms with E-state index in [2.05, 4.69) is 51.3 Å².